The Balaban J connectivity index is 2.14. The number of H-pyrrole nitrogens is 1. The second-order valence-electron chi connectivity index (χ2n) is 6.57. The van der Waals surface area contributed by atoms with E-state index in [1.807, 2.05) is 39.0 Å². The lowest BCUT2D eigenvalue weighted by atomic mass is 9.99. The van der Waals surface area contributed by atoms with E-state index in [2.05, 4.69) is 9.98 Å². The van der Waals surface area contributed by atoms with Gasteiger partial charge in [-0.05, 0) is 37.5 Å². The molecule has 0 atom stereocenters. The Morgan fingerprint density at radius 2 is 1.64 bits per heavy atom. The zero-order valence-electron chi connectivity index (χ0n) is 15.6. The van der Waals surface area contributed by atoms with Gasteiger partial charge in [0.2, 0.25) is 5.78 Å². The van der Waals surface area contributed by atoms with E-state index in [0.717, 1.165) is 16.7 Å². The van der Waals surface area contributed by atoms with Crippen LogP contribution >= 0.6 is 23.2 Å². The van der Waals surface area contributed by atoms with Crippen molar-refractivity contribution in [3.63, 3.8) is 0 Å². The lowest BCUT2D eigenvalue weighted by Gasteiger charge is -2.10. The fraction of sp³-hybridized carbons (Fsp3) is 0.136. The summed E-state index contributed by atoms with van der Waals surface area (Å²) in [6, 6.07) is 12.8. The van der Waals surface area contributed by atoms with Gasteiger partial charge in [-0.25, -0.2) is 0 Å². The van der Waals surface area contributed by atoms with Crippen molar-refractivity contribution in [3.8, 4) is 11.1 Å². The van der Waals surface area contributed by atoms with Crippen LogP contribution in [0.5, 0.6) is 0 Å². The smallest absolute Gasteiger partial charge is 0.257 e. The number of rotatable bonds is 4. The van der Waals surface area contributed by atoms with Gasteiger partial charge in [0.05, 0.1) is 28.1 Å². The average Bonchev–Trinajstić information content (AvgIpc) is 2.64. The molecule has 0 amide bonds. The third kappa shape index (κ3) is 3.93. The topological polar surface area (TPSA) is 62.3 Å². The van der Waals surface area contributed by atoms with Crippen molar-refractivity contribution in [1.29, 1.82) is 0 Å². The highest BCUT2D eigenvalue weighted by Crippen LogP contribution is 2.31. The molecule has 0 saturated carbocycles. The van der Waals surface area contributed by atoms with Crippen molar-refractivity contribution in [3.05, 3.63) is 85.2 Å². The van der Waals surface area contributed by atoms with Gasteiger partial charge in [-0.3, -0.25) is 14.6 Å². The highest BCUT2D eigenvalue weighted by molar-refractivity contribution is 6.48. The normalized spacial score (nSPS) is 11.2. The number of Topliss-reactive ketones (excluding diaryl/α,β-unsaturated/α-hetero) is 1. The molecule has 0 unspecified atom stereocenters. The maximum atomic E-state index is 13.0. The number of aromatic amines is 1. The van der Waals surface area contributed by atoms with Crippen molar-refractivity contribution in [2.45, 2.75) is 20.8 Å². The number of hydrogen-bond donors (Lipinski definition) is 1. The number of ketones is 1. The summed E-state index contributed by atoms with van der Waals surface area (Å²) in [5.74, 6) is -0.490. The number of aromatic nitrogens is 1. The molecule has 0 aliphatic heterocycles. The van der Waals surface area contributed by atoms with Gasteiger partial charge in [0.1, 0.15) is 5.15 Å². The van der Waals surface area contributed by atoms with Gasteiger partial charge in [-0.2, -0.15) is 0 Å². The van der Waals surface area contributed by atoms with Gasteiger partial charge in [0.25, 0.3) is 5.56 Å². The molecular formula is C22H18Cl2N2O2. The van der Waals surface area contributed by atoms with Crippen LogP contribution in [-0.4, -0.2) is 17.0 Å². The molecule has 1 aromatic heterocycles. The van der Waals surface area contributed by atoms with Crippen LogP contribution in [0.1, 0.15) is 27.0 Å². The number of nitrogens with zero attached hydrogens (tertiary/aromatic N) is 1. The molecule has 4 nitrogen and oxygen atoms in total. The van der Waals surface area contributed by atoms with E-state index < -0.39 is 11.3 Å². The molecule has 0 aliphatic rings. The Labute approximate surface area is 172 Å². The Morgan fingerprint density at radius 1 is 1.04 bits per heavy atom. The summed E-state index contributed by atoms with van der Waals surface area (Å²) in [5, 5.41) is -0.0836. The van der Waals surface area contributed by atoms with E-state index in [9.17, 15) is 9.59 Å². The molecule has 0 bridgehead atoms. The summed E-state index contributed by atoms with van der Waals surface area (Å²) in [6.07, 6.45) is 1.19. The Morgan fingerprint density at radius 3 is 2.25 bits per heavy atom. The van der Waals surface area contributed by atoms with E-state index in [1.165, 1.54) is 6.21 Å². The summed E-state index contributed by atoms with van der Waals surface area (Å²) in [4.78, 5) is 32.4. The monoisotopic (exact) mass is 412 g/mol. The van der Waals surface area contributed by atoms with E-state index in [1.54, 1.807) is 24.3 Å². The number of hydrogen-bond acceptors (Lipinski definition) is 3. The maximum absolute atomic E-state index is 13.0. The van der Waals surface area contributed by atoms with E-state index in [-0.39, 0.29) is 21.3 Å². The molecule has 0 spiro atoms. The third-order valence-corrected chi connectivity index (χ3v) is 5.13. The maximum Gasteiger partial charge on any atom is 0.257 e. The zero-order valence-corrected chi connectivity index (χ0v) is 17.2. The first-order valence-corrected chi connectivity index (χ1v) is 9.38. The number of halogens is 2. The largest absolute Gasteiger partial charge is 0.311 e. The Kier molecular flexibility index (Phi) is 5.82. The molecule has 0 fully saturated rings. The van der Waals surface area contributed by atoms with Crippen LogP contribution in [0.25, 0.3) is 11.1 Å². The van der Waals surface area contributed by atoms with Crippen molar-refractivity contribution < 1.29 is 4.79 Å². The molecule has 0 aliphatic carbocycles. The first-order chi connectivity index (χ1) is 13.3. The van der Waals surface area contributed by atoms with Crippen LogP contribution < -0.4 is 5.56 Å². The van der Waals surface area contributed by atoms with Crippen LogP contribution in [0.3, 0.4) is 0 Å². The minimum Gasteiger partial charge on any atom is -0.311 e. The molecule has 28 heavy (non-hydrogen) atoms. The summed E-state index contributed by atoms with van der Waals surface area (Å²) >= 11 is 12.3. The summed E-state index contributed by atoms with van der Waals surface area (Å²) < 4.78 is 0. The number of benzene rings is 2. The van der Waals surface area contributed by atoms with Crippen molar-refractivity contribution in [2.75, 3.05) is 0 Å². The van der Waals surface area contributed by atoms with Crippen LogP contribution in [0.4, 0.5) is 5.69 Å². The highest BCUT2D eigenvalue weighted by Gasteiger charge is 2.22. The Bertz CT molecular complexity index is 1130. The van der Waals surface area contributed by atoms with Crippen molar-refractivity contribution in [2.24, 2.45) is 4.99 Å². The predicted octanol–water partition coefficient (Wildman–Crippen LogP) is 5.86. The molecule has 6 heteroatoms. The molecule has 0 radical (unpaired) electrons. The van der Waals surface area contributed by atoms with Gasteiger partial charge in [-0.15, -0.1) is 0 Å². The first kappa shape index (κ1) is 20.1. The molecule has 3 aromatic rings. The fourth-order valence-electron chi connectivity index (χ4n) is 3.23. The first-order valence-electron chi connectivity index (χ1n) is 8.62. The van der Waals surface area contributed by atoms with Gasteiger partial charge in [0.15, 0.2) is 0 Å². The Hall–Kier alpha value is -2.69. The minimum atomic E-state index is -0.490. The number of carbonyl (C=O) groups is 1. The van der Waals surface area contributed by atoms with Crippen LogP contribution in [0.15, 0.2) is 52.3 Å². The summed E-state index contributed by atoms with van der Waals surface area (Å²) in [6.45, 7) is 5.87. The third-order valence-electron chi connectivity index (χ3n) is 4.37. The zero-order chi connectivity index (χ0) is 20.4. The molecule has 1 N–H and O–H groups in total. The summed E-state index contributed by atoms with van der Waals surface area (Å²) in [5.41, 5.74) is 4.04. The van der Waals surface area contributed by atoms with Crippen molar-refractivity contribution >= 4 is 40.9 Å². The van der Waals surface area contributed by atoms with Crippen LogP contribution in [0, 0.1) is 20.8 Å². The molecule has 2 aromatic carbocycles. The molecular weight excluding hydrogens is 395 g/mol. The molecule has 3 rings (SSSR count). The average molecular weight is 413 g/mol. The predicted molar refractivity (Wildman–Crippen MR) is 116 cm³/mol. The van der Waals surface area contributed by atoms with Gasteiger partial charge >= 0.3 is 0 Å². The van der Waals surface area contributed by atoms with Crippen LogP contribution in [-0.2, 0) is 0 Å². The second-order valence-corrected chi connectivity index (χ2v) is 7.32. The van der Waals surface area contributed by atoms with E-state index >= 15 is 0 Å². The lowest BCUT2D eigenvalue weighted by Crippen LogP contribution is -2.17. The van der Waals surface area contributed by atoms with Gasteiger partial charge < -0.3 is 4.98 Å². The standard InChI is InChI=1S/C22H18Cl2N2O2/c1-12-9-13(2)20(14(3)10-12)25-11-16(27)18-17(15-7-5-4-6-8-15)22(28)26-21(24)19(18)23/h4-11H,1-3H3,(H,26,28). The fourth-order valence-corrected chi connectivity index (χ4v) is 3.64. The summed E-state index contributed by atoms with van der Waals surface area (Å²) in [7, 11) is 0. The second kappa shape index (κ2) is 8.13. The molecule has 1 heterocycles. The van der Waals surface area contributed by atoms with Gasteiger partial charge in [0, 0.05) is 0 Å². The quantitative estimate of drug-likeness (QED) is 0.331. The number of nitrogens with one attached hydrogen (secondary N) is 1. The minimum absolute atomic E-state index is 0.00563. The number of aryl methyl sites for hydroxylation is 3. The number of pyridine rings is 1. The van der Waals surface area contributed by atoms with E-state index in [4.69, 9.17) is 23.2 Å². The van der Waals surface area contributed by atoms with Crippen LogP contribution in [0.2, 0.25) is 10.2 Å². The van der Waals surface area contributed by atoms with E-state index in [0.29, 0.717) is 11.3 Å². The van der Waals surface area contributed by atoms with Crippen molar-refractivity contribution in [1.82, 2.24) is 4.98 Å². The lowest BCUT2D eigenvalue weighted by molar-refractivity contribution is 0.107. The number of aliphatic imine (C=N–C) groups is 1. The van der Waals surface area contributed by atoms with Gasteiger partial charge in [-0.1, -0.05) is 71.2 Å². The number of carbonyl (C=O) groups excluding carboxylic acids is 1. The SMILES string of the molecule is Cc1cc(C)c(N=CC(=O)c2c(Cl)c(Cl)[nH]c(=O)c2-c2ccccc2)c(C)c1. The highest BCUT2D eigenvalue weighted by atomic mass is 35.5. The molecule has 0 saturated heterocycles. The molecule has 142 valence electrons.